The van der Waals surface area contributed by atoms with Gasteiger partial charge in [0.2, 0.25) is 0 Å². The van der Waals surface area contributed by atoms with Crippen LogP contribution in [0.3, 0.4) is 0 Å². The van der Waals surface area contributed by atoms with Gasteiger partial charge in [0.25, 0.3) is 0 Å². The van der Waals surface area contributed by atoms with Crippen molar-refractivity contribution >= 4 is 5.78 Å². The van der Waals surface area contributed by atoms with Crippen LogP contribution in [0.1, 0.15) is 52.9 Å². The molecule has 0 spiro atoms. The molecule has 0 amide bonds. The Bertz CT molecular complexity index is 238. The molecule has 1 fully saturated rings. The van der Waals surface area contributed by atoms with Crippen molar-refractivity contribution in [1.82, 2.24) is 0 Å². The van der Waals surface area contributed by atoms with Crippen LogP contribution in [-0.4, -0.2) is 18.0 Å². The summed E-state index contributed by atoms with van der Waals surface area (Å²) >= 11 is 0. The third-order valence-electron chi connectivity index (χ3n) is 2.95. The first-order chi connectivity index (χ1) is 7.10. The second kappa shape index (κ2) is 5.45. The molecule has 1 aliphatic rings. The van der Waals surface area contributed by atoms with Gasteiger partial charge in [-0.1, -0.05) is 24.8 Å². The van der Waals surface area contributed by atoms with E-state index < -0.39 is 5.60 Å². The molecule has 86 valence electrons. The molecule has 0 N–H and O–H groups in total. The number of hydrogen-bond acceptors (Lipinski definition) is 2. The Morgan fingerprint density at radius 2 is 1.87 bits per heavy atom. The maximum Gasteiger partial charge on any atom is 0.187 e. The molecule has 0 bridgehead atoms. The molecule has 0 aliphatic heterocycles. The average molecular weight is 210 g/mol. The van der Waals surface area contributed by atoms with Gasteiger partial charge in [-0.2, -0.15) is 0 Å². The number of allylic oxidation sites excluding steroid dienone is 1. The smallest absolute Gasteiger partial charge is 0.187 e. The van der Waals surface area contributed by atoms with Crippen molar-refractivity contribution in [2.45, 2.75) is 58.5 Å². The number of hydrogen-bond donors (Lipinski definition) is 0. The molecular weight excluding hydrogens is 188 g/mol. The molecule has 1 aliphatic carbocycles. The van der Waals surface area contributed by atoms with Crippen molar-refractivity contribution in [2.75, 3.05) is 6.61 Å². The fraction of sp³-hybridized carbons (Fsp3) is 0.769. The Balaban J connectivity index is 2.79. The predicted molar refractivity (Wildman–Crippen MR) is 61.9 cm³/mol. The summed E-state index contributed by atoms with van der Waals surface area (Å²) in [6.07, 6.45) is 6.98. The molecule has 1 rings (SSSR count). The number of rotatable bonds is 4. The first-order valence-electron chi connectivity index (χ1n) is 5.94. The number of ketones is 1. The summed E-state index contributed by atoms with van der Waals surface area (Å²) in [6.45, 7) is 6.51. The number of carbonyl (C=O) groups excluding carboxylic acids is 1. The highest BCUT2D eigenvalue weighted by molar-refractivity contribution is 5.97. The summed E-state index contributed by atoms with van der Waals surface area (Å²) in [5.41, 5.74) is 0.564. The lowest BCUT2D eigenvalue weighted by atomic mass is 9.81. The monoisotopic (exact) mass is 210 g/mol. The van der Waals surface area contributed by atoms with Crippen LogP contribution in [0.5, 0.6) is 0 Å². The van der Waals surface area contributed by atoms with E-state index in [1.807, 2.05) is 20.8 Å². The van der Waals surface area contributed by atoms with Gasteiger partial charge in [0, 0.05) is 6.61 Å². The summed E-state index contributed by atoms with van der Waals surface area (Å²) in [5.74, 6) is 0.170. The second-order valence-corrected chi connectivity index (χ2v) is 4.57. The quantitative estimate of drug-likeness (QED) is 0.666. The standard InChI is InChI=1S/C13H22O2/c1-4-15-13(8-6-5-7-9-13)12(14)10-11(2)3/h10H,4-9H2,1-3H3. The van der Waals surface area contributed by atoms with Crippen molar-refractivity contribution < 1.29 is 9.53 Å². The van der Waals surface area contributed by atoms with E-state index in [9.17, 15) is 4.79 Å². The van der Waals surface area contributed by atoms with Gasteiger partial charge < -0.3 is 4.74 Å². The van der Waals surface area contributed by atoms with Crippen molar-refractivity contribution in [3.63, 3.8) is 0 Å². The van der Waals surface area contributed by atoms with Gasteiger partial charge in [0.05, 0.1) is 0 Å². The van der Waals surface area contributed by atoms with Crippen LogP contribution in [0.25, 0.3) is 0 Å². The molecule has 15 heavy (non-hydrogen) atoms. The fourth-order valence-corrected chi connectivity index (χ4v) is 2.25. The molecule has 0 heterocycles. The van der Waals surface area contributed by atoms with E-state index in [4.69, 9.17) is 4.74 Å². The normalized spacial score (nSPS) is 19.7. The highest BCUT2D eigenvalue weighted by Crippen LogP contribution is 2.33. The van der Waals surface area contributed by atoms with E-state index in [1.54, 1.807) is 6.08 Å². The van der Waals surface area contributed by atoms with Crippen LogP contribution < -0.4 is 0 Å². The average Bonchev–Trinajstić information content (AvgIpc) is 2.18. The third-order valence-corrected chi connectivity index (χ3v) is 2.95. The Kier molecular flexibility index (Phi) is 4.52. The molecule has 2 nitrogen and oxygen atoms in total. The minimum absolute atomic E-state index is 0.170. The third kappa shape index (κ3) is 3.16. The van der Waals surface area contributed by atoms with Gasteiger partial charge in [0.1, 0.15) is 5.60 Å². The lowest BCUT2D eigenvalue weighted by molar-refractivity contribution is -0.143. The molecule has 0 aromatic carbocycles. The van der Waals surface area contributed by atoms with Crippen molar-refractivity contribution in [2.24, 2.45) is 0 Å². The zero-order chi connectivity index (χ0) is 11.3. The van der Waals surface area contributed by atoms with Crippen LogP contribution in [0, 0.1) is 0 Å². The van der Waals surface area contributed by atoms with E-state index in [0.717, 1.165) is 31.3 Å². The van der Waals surface area contributed by atoms with E-state index in [2.05, 4.69) is 0 Å². The molecule has 0 unspecified atom stereocenters. The molecule has 0 saturated heterocycles. The minimum atomic E-state index is -0.496. The maximum absolute atomic E-state index is 12.1. The molecule has 0 atom stereocenters. The minimum Gasteiger partial charge on any atom is -0.367 e. The lowest BCUT2D eigenvalue weighted by Crippen LogP contribution is -2.42. The first kappa shape index (κ1) is 12.4. The molecule has 1 saturated carbocycles. The zero-order valence-corrected chi connectivity index (χ0v) is 10.1. The topological polar surface area (TPSA) is 26.3 Å². The summed E-state index contributed by atoms with van der Waals surface area (Å²) in [4.78, 5) is 12.1. The second-order valence-electron chi connectivity index (χ2n) is 4.57. The predicted octanol–water partition coefficient (Wildman–Crippen LogP) is 3.26. The van der Waals surface area contributed by atoms with Gasteiger partial charge in [-0.15, -0.1) is 0 Å². The summed E-state index contributed by atoms with van der Waals surface area (Å²) in [6, 6.07) is 0. The Morgan fingerprint density at radius 3 is 2.33 bits per heavy atom. The summed E-state index contributed by atoms with van der Waals surface area (Å²) in [7, 11) is 0. The van der Waals surface area contributed by atoms with Crippen LogP contribution in [-0.2, 0) is 9.53 Å². The molecule has 2 heteroatoms. The van der Waals surface area contributed by atoms with Crippen molar-refractivity contribution in [3.05, 3.63) is 11.6 Å². The summed E-state index contributed by atoms with van der Waals surface area (Å²) in [5, 5.41) is 0. The van der Waals surface area contributed by atoms with Crippen molar-refractivity contribution in [3.8, 4) is 0 Å². The maximum atomic E-state index is 12.1. The lowest BCUT2D eigenvalue weighted by Gasteiger charge is -2.34. The SMILES string of the molecule is CCOC1(C(=O)C=C(C)C)CCCCC1. The van der Waals surface area contributed by atoms with Crippen molar-refractivity contribution in [1.29, 1.82) is 0 Å². The van der Waals surface area contributed by atoms with Gasteiger partial charge >= 0.3 is 0 Å². The first-order valence-corrected chi connectivity index (χ1v) is 5.94. The number of ether oxygens (including phenoxy) is 1. The van der Waals surface area contributed by atoms with E-state index in [0.29, 0.717) is 6.61 Å². The van der Waals surface area contributed by atoms with Gasteiger partial charge in [-0.25, -0.2) is 0 Å². The fourth-order valence-electron chi connectivity index (χ4n) is 2.25. The van der Waals surface area contributed by atoms with Crippen LogP contribution in [0.15, 0.2) is 11.6 Å². The van der Waals surface area contributed by atoms with E-state index in [-0.39, 0.29) is 5.78 Å². The van der Waals surface area contributed by atoms with E-state index >= 15 is 0 Å². The highest BCUT2D eigenvalue weighted by atomic mass is 16.5. The highest BCUT2D eigenvalue weighted by Gasteiger charge is 2.38. The number of carbonyl (C=O) groups is 1. The Hall–Kier alpha value is -0.630. The Labute approximate surface area is 92.7 Å². The molecular formula is C13H22O2. The van der Waals surface area contributed by atoms with Gasteiger partial charge in [0.15, 0.2) is 5.78 Å². The molecule has 0 aromatic heterocycles. The molecule has 0 radical (unpaired) electrons. The Morgan fingerprint density at radius 1 is 1.27 bits per heavy atom. The van der Waals surface area contributed by atoms with Crippen LogP contribution >= 0.6 is 0 Å². The van der Waals surface area contributed by atoms with Crippen LogP contribution in [0.2, 0.25) is 0 Å². The largest absolute Gasteiger partial charge is 0.367 e. The van der Waals surface area contributed by atoms with E-state index in [1.165, 1.54) is 6.42 Å². The van der Waals surface area contributed by atoms with Gasteiger partial charge in [-0.05, 0) is 39.7 Å². The van der Waals surface area contributed by atoms with Gasteiger partial charge in [-0.3, -0.25) is 4.79 Å². The molecule has 0 aromatic rings. The zero-order valence-electron chi connectivity index (χ0n) is 10.1. The van der Waals surface area contributed by atoms with Crippen LogP contribution in [0.4, 0.5) is 0 Å². The summed E-state index contributed by atoms with van der Waals surface area (Å²) < 4.78 is 5.74.